The van der Waals surface area contributed by atoms with E-state index in [-0.39, 0.29) is 0 Å². The third-order valence-corrected chi connectivity index (χ3v) is 5.66. The van der Waals surface area contributed by atoms with Crippen molar-refractivity contribution < 1.29 is 4.79 Å². The van der Waals surface area contributed by atoms with Crippen molar-refractivity contribution in [3.05, 3.63) is 76.0 Å². The van der Waals surface area contributed by atoms with E-state index in [1.165, 1.54) is 0 Å². The molecule has 1 aromatic carbocycles. The van der Waals surface area contributed by atoms with Gasteiger partial charge in [0.1, 0.15) is 11.5 Å². The lowest BCUT2D eigenvalue weighted by molar-refractivity contribution is -0.107. The Kier molecular flexibility index (Phi) is 5.19. The van der Waals surface area contributed by atoms with Gasteiger partial charge in [-0.05, 0) is 49.1 Å². The zero-order chi connectivity index (χ0) is 18.8. The average molecular weight is 400 g/mol. The molecule has 0 saturated carbocycles. The van der Waals surface area contributed by atoms with Gasteiger partial charge in [0.15, 0.2) is 0 Å². The molecule has 27 heavy (non-hydrogen) atoms. The second-order valence-electron chi connectivity index (χ2n) is 6.71. The monoisotopic (exact) mass is 399 g/mol. The molecule has 1 unspecified atom stereocenters. The molecule has 4 nitrogen and oxygen atoms in total. The maximum Gasteiger partial charge on any atom is 0.215 e. The van der Waals surface area contributed by atoms with Gasteiger partial charge in [0, 0.05) is 12.1 Å². The summed E-state index contributed by atoms with van der Waals surface area (Å²) in [7, 11) is 0. The topological polar surface area (TPSA) is 37.6 Å². The molecule has 138 valence electrons. The smallest absolute Gasteiger partial charge is 0.215 e. The fourth-order valence-electron chi connectivity index (χ4n) is 3.60. The Hall–Kier alpha value is -2.30. The maximum atomic E-state index is 12.1. The third-order valence-electron chi connectivity index (χ3n) is 4.92. The zero-order valence-electron chi connectivity index (χ0n) is 14.7. The van der Waals surface area contributed by atoms with Crippen LogP contribution in [0, 0.1) is 0 Å². The summed E-state index contributed by atoms with van der Waals surface area (Å²) in [5, 5.41) is 0.985. The van der Waals surface area contributed by atoms with Crippen LogP contribution in [0.15, 0.2) is 54.7 Å². The molecule has 0 fully saturated rings. The lowest BCUT2D eigenvalue weighted by atomic mass is 9.91. The fourth-order valence-corrected chi connectivity index (χ4v) is 3.92. The number of pyridine rings is 1. The maximum absolute atomic E-state index is 12.1. The standard InChI is InChI=1S/C21H19Cl2N3O/c22-17-10-9-15(12-18(17)23)13-25(14-27)21-20(16-6-2-1-3-7-16)24-19-8-4-5-11-26(19)21/h1-2,4-5,8-12,14,16H,3,6-7,13H2. The van der Waals surface area contributed by atoms with Gasteiger partial charge in [0.2, 0.25) is 6.41 Å². The second kappa shape index (κ2) is 7.75. The molecule has 1 amide bonds. The highest BCUT2D eigenvalue weighted by molar-refractivity contribution is 6.42. The molecule has 0 spiro atoms. The highest BCUT2D eigenvalue weighted by Gasteiger charge is 2.25. The number of benzene rings is 1. The van der Waals surface area contributed by atoms with Gasteiger partial charge in [-0.2, -0.15) is 0 Å². The molecule has 0 saturated heterocycles. The van der Waals surface area contributed by atoms with E-state index in [0.717, 1.165) is 48.4 Å². The van der Waals surface area contributed by atoms with Gasteiger partial charge in [0.25, 0.3) is 0 Å². The zero-order valence-corrected chi connectivity index (χ0v) is 16.2. The molecule has 0 aliphatic heterocycles. The lowest BCUT2D eigenvalue weighted by Gasteiger charge is -2.23. The summed E-state index contributed by atoms with van der Waals surface area (Å²) in [5.41, 5.74) is 2.73. The van der Waals surface area contributed by atoms with Crippen molar-refractivity contribution in [3.8, 4) is 0 Å². The second-order valence-corrected chi connectivity index (χ2v) is 7.53. The van der Waals surface area contributed by atoms with E-state index < -0.39 is 0 Å². The normalized spacial score (nSPS) is 16.6. The number of nitrogens with zero attached hydrogens (tertiary/aromatic N) is 3. The summed E-state index contributed by atoms with van der Waals surface area (Å²) in [5.74, 6) is 1.13. The number of imidazole rings is 1. The number of carbonyl (C=O) groups is 1. The summed E-state index contributed by atoms with van der Waals surface area (Å²) in [6.45, 7) is 0.401. The molecule has 1 atom stereocenters. The molecule has 2 aromatic heterocycles. The number of halogens is 2. The van der Waals surface area contributed by atoms with E-state index in [2.05, 4.69) is 12.2 Å². The number of carbonyl (C=O) groups excluding carboxylic acids is 1. The largest absolute Gasteiger partial charge is 0.294 e. The van der Waals surface area contributed by atoms with Crippen molar-refractivity contribution in [1.29, 1.82) is 0 Å². The van der Waals surface area contributed by atoms with Crippen LogP contribution in [0.5, 0.6) is 0 Å². The first-order valence-electron chi connectivity index (χ1n) is 8.95. The molecular formula is C21H19Cl2N3O. The van der Waals surface area contributed by atoms with Crippen LogP contribution in [0.3, 0.4) is 0 Å². The minimum atomic E-state index is 0.307. The Bertz CT molecular complexity index is 1010. The number of rotatable bonds is 5. The van der Waals surface area contributed by atoms with Gasteiger partial charge in [-0.25, -0.2) is 4.98 Å². The van der Waals surface area contributed by atoms with Crippen LogP contribution in [0.2, 0.25) is 10.0 Å². The molecule has 4 rings (SSSR count). The van der Waals surface area contributed by atoms with Crippen LogP contribution in [-0.2, 0) is 11.3 Å². The molecule has 0 radical (unpaired) electrons. The van der Waals surface area contributed by atoms with Crippen LogP contribution in [0.4, 0.5) is 5.82 Å². The van der Waals surface area contributed by atoms with Crippen LogP contribution in [0.25, 0.3) is 5.65 Å². The Balaban J connectivity index is 1.78. The van der Waals surface area contributed by atoms with Crippen molar-refractivity contribution in [1.82, 2.24) is 9.38 Å². The average Bonchev–Trinajstić information content (AvgIpc) is 3.09. The lowest BCUT2D eigenvalue weighted by Crippen LogP contribution is -2.24. The van der Waals surface area contributed by atoms with Crippen molar-refractivity contribution in [2.24, 2.45) is 0 Å². The van der Waals surface area contributed by atoms with Crippen molar-refractivity contribution in [3.63, 3.8) is 0 Å². The minimum absolute atomic E-state index is 0.307. The number of anilines is 1. The van der Waals surface area contributed by atoms with Crippen molar-refractivity contribution in [2.45, 2.75) is 31.7 Å². The van der Waals surface area contributed by atoms with Gasteiger partial charge in [-0.3, -0.25) is 14.1 Å². The molecule has 0 N–H and O–H groups in total. The van der Waals surface area contributed by atoms with Crippen LogP contribution < -0.4 is 4.90 Å². The van der Waals surface area contributed by atoms with Crippen LogP contribution >= 0.6 is 23.2 Å². The molecular weight excluding hydrogens is 381 g/mol. The Morgan fingerprint density at radius 2 is 2.07 bits per heavy atom. The van der Waals surface area contributed by atoms with E-state index in [4.69, 9.17) is 28.2 Å². The van der Waals surface area contributed by atoms with E-state index in [0.29, 0.717) is 22.5 Å². The quantitative estimate of drug-likeness (QED) is 0.411. The predicted octanol–water partition coefficient (Wildman–Crippen LogP) is 5.63. The molecule has 6 heteroatoms. The van der Waals surface area contributed by atoms with Crippen LogP contribution in [-0.4, -0.2) is 15.8 Å². The molecule has 3 aromatic rings. The summed E-state index contributed by atoms with van der Waals surface area (Å²) in [4.78, 5) is 18.6. The molecule has 1 aliphatic carbocycles. The van der Waals surface area contributed by atoms with Crippen LogP contribution in [0.1, 0.15) is 36.4 Å². The first kappa shape index (κ1) is 18.1. The highest BCUT2D eigenvalue weighted by atomic mass is 35.5. The summed E-state index contributed by atoms with van der Waals surface area (Å²) < 4.78 is 1.99. The Morgan fingerprint density at radius 3 is 2.81 bits per heavy atom. The number of fused-ring (bicyclic) bond motifs is 1. The van der Waals surface area contributed by atoms with E-state index in [1.54, 1.807) is 17.0 Å². The first-order valence-corrected chi connectivity index (χ1v) is 9.71. The molecule has 0 bridgehead atoms. The van der Waals surface area contributed by atoms with E-state index >= 15 is 0 Å². The Morgan fingerprint density at radius 1 is 1.19 bits per heavy atom. The number of hydrogen-bond donors (Lipinski definition) is 0. The van der Waals surface area contributed by atoms with Crippen molar-refractivity contribution in [2.75, 3.05) is 4.90 Å². The van der Waals surface area contributed by atoms with Crippen molar-refractivity contribution >= 4 is 41.1 Å². The number of allylic oxidation sites excluding steroid dienone is 2. The number of hydrogen-bond acceptors (Lipinski definition) is 2. The molecule has 2 heterocycles. The van der Waals surface area contributed by atoms with Gasteiger partial charge in [0.05, 0.1) is 22.3 Å². The van der Waals surface area contributed by atoms with Gasteiger partial charge >= 0.3 is 0 Å². The predicted molar refractivity (Wildman–Crippen MR) is 110 cm³/mol. The fraction of sp³-hybridized carbons (Fsp3) is 0.238. The Labute approximate surface area is 168 Å². The summed E-state index contributed by atoms with van der Waals surface area (Å²) in [6, 6.07) is 11.3. The van der Waals surface area contributed by atoms with Gasteiger partial charge in [-0.1, -0.05) is 47.5 Å². The van der Waals surface area contributed by atoms with E-state index in [1.807, 2.05) is 34.9 Å². The van der Waals surface area contributed by atoms with Gasteiger partial charge < -0.3 is 0 Å². The number of amides is 1. The third kappa shape index (κ3) is 3.60. The SMILES string of the molecule is O=CN(Cc1ccc(Cl)c(Cl)c1)c1c(C2CC=CCC2)nc2ccccn12. The van der Waals surface area contributed by atoms with E-state index in [9.17, 15) is 4.79 Å². The summed E-state index contributed by atoms with van der Waals surface area (Å²) >= 11 is 12.2. The first-order chi connectivity index (χ1) is 13.2. The summed E-state index contributed by atoms with van der Waals surface area (Å²) in [6.07, 6.45) is 10.2. The van der Waals surface area contributed by atoms with Gasteiger partial charge in [-0.15, -0.1) is 0 Å². The minimum Gasteiger partial charge on any atom is -0.294 e. The molecule has 1 aliphatic rings. The number of aromatic nitrogens is 2. The highest BCUT2D eigenvalue weighted by Crippen LogP contribution is 2.36.